The van der Waals surface area contributed by atoms with E-state index in [4.69, 9.17) is 14.2 Å². The minimum atomic E-state index is -4.79. The first-order valence-corrected chi connectivity index (χ1v) is 9.14. The predicted molar refractivity (Wildman–Crippen MR) is 101 cm³/mol. The molecule has 2 aromatic heterocycles. The first kappa shape index (κ1) is 22.1. The fraction of sp³-hybridized carbons (Fsp3) is 0.300. The third-order valence-corrected chi connectivity index (χ3v) is 4.27. The van der Waals surface area contributed by atoms with Gasteiger partial charge in [-0.15, -0.1) is 0 Å². The quantitative estimate of drug-likeness (QED) is 0.545. The average molecular weight is 437 g/mol. The highest BCUT2D eigenvalue weighted by Gasteiger charge is 2.36. The smallest absolute Gasteiger partial charge is 0.433 e. The Labute approximate surface area is 174 Å². The maximum absolute atomic E-state index is 13.7. The number of nitrogens with zero attached hydrogens (tertiary/aromatic N) is 3. The summed E-state index contributed by atoms with van der Waals surface area (Å²) in [5.41, 5.74) is -1.64. The predicted octanol–water partition coefficient (Wildman–Crippen LogP) is 3.53. The fourth-order valence-electron chi connectivity index (χ4n) is 2.83. The molecule has 1 unspecified atom stereocenters. The lowest BCUT2D eigenvalue weighted by Gasteiger charge is -2.14. The van der Waals surface area contributed by atoms with Crippen molar-refractivity contribution in [2.75, 3.05) is 13.7 Å². The molecule has 0 saturated heterocycles. The molecule has 31 heavy (non-hydrogen) atoms. The number of methoxy groups -OCH3 is 1. The monoisotopic (exact) mass is 437 g/mol. The Kier molecular flexibility index (Phi) is 6.14. The second-order valence-electron chi connectivity index (χ2n) is 6.32. The molecule has 1 aromatic carbocycles. The molecular formula is C20H18F3N3O5. The van der Waals surface area contributed by atoms with Gasteiger partial charge < -0.3 is 14.2 Å². The van der Waals surface area contributed by atoms with Crippen LogP contribution >= 0.6 is 0 Å². The zero-order valence-electron chi connectivity index (χ0n) is 16.8. The molecule has 0 fully saturated rings. The van der Waals surface area contributed by atoms with Crippen molar-refractivity contribution in [1.82, 2.24) is 14.6 Å². The molecule has 1 atom stereocenters. The Balaban J connectivity index is 2.13. The summed E-state index contributed by atoms with van der Waals surface area (Å²) >= 11 is 0. The second-order valence-corrected chi connectivity index (χ2v) is 6.32. The van der Waals surface area contributed by atoms with Crippen molar-refractivity contribution in [3.8, 4) is 17.0 Å². The lowest BCUT2D eigenvalue weighted by Crippen LogP contribution is -2.26. The van der Waals surface area contributed by atoms with Crippen LogP contribution in [0.2, 0.25) is 0 Å². The summed E-state index contributed by atoms with van der Waals surface area (Å²) < 4.78 is 56.6. The first-order chi connectivity index (χ1) is 14.7. The standard InChI is InChI=1S/C20H18F3N3O5/c1-4-30-18(27)11(2)31-19(28)13-10-24-26-16(20(21,22)23)9-14(25-17(13)26)12-7-5-6-8-15(12)29-3/h5-11H,4H2,1-3H3. The molecule has 3 rings (SSSR count). The number of esters is 2. The van der Waals surface area contributed by atoms with Crippen LogP contribution in [0.25, 0.3) is 16.9 Å². The lowest BCUT2D eigenvalue weighted by atomic mass is 10.1. The highest BCUT2D eigenvalue weighted by atomic mass is 19.4. The Morgan fingerprint density at radius 2 is 1.94 bits per heavy atom. The highest BCUT2D eigenvalue weighted by Crippen LogP contribution is 2.35. The van der Waals surface area contributed by atoms with Gasteiger partial charge in [0.1, 0.15) is 11.3 Å². The fourth-order valence-corrected chi connectivity index (χ4v) is 2.83. The van der Waals surface area contributed by atoms with Crippen LogP contribution in [0.5, 0.6) is 5.75 Å². The minimum absolute atomic E-state index is 0.0785. The molecule has 0 aliphatic heterocycles. The summed E-state index contributed by atoms with van der Waals surface area (Å²) in [5.74, 6) is -1.55. The number of para-hydroxylation sites is 1. The van der Waals surface area contributed by atoms with Crippen molar-refractivity contribution in [1.29, 1.82) is 0 Å². The zero-order chi connectivity index (χ0) is 22.8. The lowest BCUT2D eigenvalue weighted by molar-refractivity contribution is -0.152. The van der Waals surface area contributed by atoms with Crippen LogP contribution < -0.4 is 4.74 Å². The number of ether oxygens (including phenoxy) is 3. The number of hydrogen-bond donors (Lipinski definition) is 0. The third kappa shape index (κ3) is 4.44. The number of fused-ring (bicyclic) bond motifs is 1. The molecule has 0 amide bonds. The maximum Gasteiger partial charge on any atom is 0.433 e. The molecule has 2 heterocycles. The molecule has 0 saturated carbocycles. The summed E-state index contributed by atoms with van der Waals surface area (Å²) in [4.78, 5) is 28.5. The summed E-state index contributed by atoms with van der Waals surface area (Å²) in [6, 6.07) is 7.19. The molecule has 0 aliphatic carbocycles. The number of alkyl halides is 3. The molecule has 0 radical (unpaired) electrons. The summed E-state index contributed by atoms with van der Waals surface area (Å²) in [6.07, 6.45) is -5.14. The van der Waals surface area contributed by atoms with Crippen molar-refractivity contribution >= 4 is 17.6 Å². The molecule has 164 valence electrons. The number of hydrogen-bond acceptors (Lipinski definition) is 7. The van der Waals surface area contributed by atoms with Gasteiger partial charge in [-0.05, 0) is 32.0 Å². The Bertz CT molecular complexity index is 1130. The van der Waals surface area contributed by atoms with Gasteiger partial charge in [0.15, 0.2) is 17.4 Å². The molecule has 0 aliphatic rings. The van der Waals surface area contributed by atoms with Crippen molar-refractivity contribution in [3.63, 3.8) is 0 Å². The van der Waals surface area contributed by atoms with Crippen molar-refractivity contribution < 1.29 is 37.0 Å². The highest BCUT2D eigenvalue weighted by molar-refractivity contribution is 5.97. The first-order valence-electron chi connectivity index (χ1n) is 9.14. The second kappa shape index (κ2) is 8.62. The van der Waals surface area contributed by atoms with Crippen molar-refractivity contribution in [2.24, 2.45) is 0 Å². The van der Waals surface area contributed by atoms with Crippen molar-refractivity contribution in [3.05, 3.63) is 47.8 Å². The average Bonchev–Trinajstić information content (AvgIpc) is 3.16. The molecule has 3 aromatic rings. The largest absolute Gasteiger partial charge is 0.496 e. The van der Waals surface area contributed by atoms with Crippen LogP contribution in [0.4, 0.5) is 13.2 Å². The van der Waals surface area contributed by atoms with E-state index in [0.29, 0.717) is 15.8 Å². The van der Waals surface area contributed by atoms with E-state index in [2.05, 4.69) is 10.1 Å². The molecule has 0 spiro atoms. The van der Waals surface area contributed by atoms with Gasteiger partial charge in [0.05, 0.1) is 25.6 Å². The van der Waals surface area contributed by atoms with E-state index >= 15 is 0 Å². The van der Waals surface area contributed by atoms with Gasteiger partial charge in [-0.25, -0.2) is 19.1 Å². The third-order valence-electron chi connectivity index (χ3n) is 4.27. The van der Waals surface area contributed by atoms with Crippen LogP contribution in [-0.4, -0.2) is 46.4 Å². The van der Waals surface area contributed by atoms with Crippen LogP contribution in [0.15, 0.2) is 36.5 Å². The van der Waals surface area contributed by atoms with E-state index in [-0.39, 0.29) is 23.5 Å². The van der Waals surface area contributed by atoms with Gasteiger partial charge in [-0.2, -0.15) is 18.3 Å². The van der Waals surface area contributed by atoms with E-state index in [1.165, 1.54) is 20.1 Å². The summed E-state index contributed by atoms with van der Waals surface area (Å²) in [6.45, 7) is 2.95. The summed E-state index contributed by atoms with van der Waals surface area (Å²) in [5, 5.41) is 3.66. The SMILES string of the molecule is CCOC(=O)C(C)OC(=O)c1cnn2c(C(F)(F)F)cc(-c3ccccc3OC)nc12. The Hall–Kier alpha value is -3.63. The van der Waals surface area contributed by atoms with Gasteiger partial charge in [-0.1, -0.05) is 12.1 Å². The number of halogens is 3. The van der Waals surface area contributed by atoms with Gasteiger partial charge in [0.25, 0.3) is 0 Å². The Morgan fingerprint density at radius 1 is 1.23 bits per heavy atom. The number of rotatable bonds is 6. The number of benzene rings is 1. The minimum Gasteiger partial charge on any atom is -0.496 e. The van der Waals surface area contributed by atoms with Gasteiger partial charge in [0, 0.05) is 5.56 Å². The number of carbonyl (C=O) groups is 2. The molecule has 8 nitrogen and oxygen atoms in total. The normalized spacial score (nSPS) is 12.5. The molecule has 11 heteroatoms. The van der Waals surface area contributed by atoms with Crippen LogP contribution in [0.1, 0.15) is 29.9 Å². The Morgan fingerprint density at radius 3 is 2.58 bits per heavy atom. The van der Waals surface area contributed by atoms with E-state index in [1.54, 1.807) is 25.1 Å². The number of carbonyl (C=O) groups excluding carboxylic acids is 2. The van der Waals surface area contributed by atoms with Crippen LogP contribution in [0, 0.1) is 0 Å². The van der Waals surface area contributed by atoms with Gasteiger partial charge in [0.2, 0.25) is 0 Å². The topological polar surface area (TPSA) is 92.0 Å². The van der Waals surface area contributed by atoms with Crippen LogP contribution in [-0.2, 0) is 20.4 Å². The van der Waals surface area contributed by atoms with Crippen molar-refractivity contribution in [2.45, 2.75) is 26.1 Å². The van der Waals surface area contributed by atoms with Gasteiger partial charge >= 0.3 is 18.1 Å². The van der Waals surface area contributed by atoms with E-state index in [0.717, 1.165) is 12.3 Å². The molecule has 0 bridgehead atoms. The molecule has 0 N–H and O–H groups in total. The van der Waals surface area contributed by atoms with E-state index in [9.17, 15) is 22.8 Å². The zero-order valence-corrected chi connectivity index (χ0v) is 16.8. The molecular weight excluding hydrogens is 419 g/mol. The van der Waals surface area contributed by atoms with E-state index in [1.807, 2.05) is 0 Å². The number of aromatic nitrogens is 3. The van der Waals surface area contributed by atoms with E-state index < -0.39 is 29.9 Å². The van der Waals surface area contributed by atoms with Gasteiger partial charge in [-0.3, -0.25) is 0 Å². The summed E-state index contributed by atoms with van der Waals surface area (Å²) in [7, 11) is 1.38. The maximum atomic E-state index is 13.7. The van der Waals surface area contributed by atoms with Crippen LogP contribution in [0.3, 0.4) is 0 Å².